The van der Waals surface area contributed by atoms with Gasteiger partial charge in [-0.3, -0.25) is 0 Å². The van der Waals surface area contributed by atoms with Gasteiger partial charge in [0.15, 0.2) is 0 Å². The topological polar surface area (TPSA) is 9.23 Å². The van der Waals surface area contributed by atoms with Gasteiger partial charge >= 0.3 is 0 Å². The van der Waals surface area contributed by atoms with Crippen LogP contribution in [0.25, 0.3) is 0 Å². The fraction of sp³-hybridized carbons (Fsp3) is 0.250. The van der Waals surface area contributed by atoms with Crippen molar-refractivity contribution in [2.24, 2.45) is 0 Å². The van der Waals surface area contributed by atoms with Gasteiger partial charge in [-0.15, -0.1) is 0 Å². The quantitative estimate of drug-likeness (QED) is 0.630. The van der Waals surface area contributed by atoms with Crippen molar-refractivity contribution >= 4 is 31.9 Å². The first-order valence-electron chi connectivity index (χ1n) is 6.07. The normalized spacial score (nSPS) is 12.3. The fourth-order valence-electron chi connectivity index (χ4n) is 2.06. The van der Waals surface area contributed by atoms with Crippen molar-refractivity contribution in [2.75, 3.05) is 7.11 Å². The van der Waals surface area contributed by atoms with Crippen molar-refractivity contribution in [3.05, 3.63) is 63.1 Å². The van der Waals surface area contributed by atoms with Gasteiger partial charge in [-0.1, -0.05) is 61.7 Å². The standard InChI is InChI=1S/C16H16Br2O/c1-10-5-7-15(19-3)13(8-10)16(18)12-6-4-11(2)9-14(12)17/h4-9,16H,1-3H3. The van der Waals surface area contributed by atoms with Gasteiger partial charge in [-0.2, -0.15) is 0 Å². The van der Waals surface area contributed by atoms with E-state index < -0.39 is 0 Å². The van der Waals surface area contributed by atoms with Crippen LogP contribution in [0.5, 0.6) is 5.75 Å². The van der Waals surface area contributed by atoms with E-state index in [0.29, 0.717) is 0 Å². The van der Waals surface area contributed by atoms with E-state index in [1.807, 2.05) is 6.07 Å². The summed E-state index contributed by atoms with van der Waals surface area (Å²) < 4.78 is 6.57. The van der Waals surface area contributed by atoms with Crippen LogP contribution in [-0.2, 0) is 0 Å². The van der Waals surface area contributed by atoms with E-state index in [-0.39, 0.29) is 4.83 Å². The number of rotatable bonds is 3. The van der Waals surface area contributed by atoms with Crippen LogP contribution in [0.2, 0.25) is 0 Å². The summed E-state index contributed by atoms with van der Waals surface area (Å²) in [4.78, 5) is 0.109. The number of hydrogen-bond donors (Lipinski definition) is 0. The van der Waals surface area contributed by atoms with E-state index in [4.69, 9.17) is 4.74 Å². The maximum atomic E-state index is 5.46. The Kier molecular flexibility index (Phi) is 4.69. The molecule has 19 heavy (non-hydrogen) atoms. The van der Waals surface area contributed by atoms with Crippen molar-refractivity contribution in [3.63, 3.8) is 0 Å². The molecular formula is C16H16Br2O. The average Bonchev–Trinajstić information content (AvgIpc) is 2.38. The Hall–Kier alpha value is -0.800. The highest BCUT2D eigenvalue weighted by Crippen LogP contribution is 2.40. The van der Waals surface area contributed by atoms with Gasteiger partial charge in [-0.25, -0.2) is 0 Å². The van der Waals surface area contributed by atoms with Crippen LogP contribution in [-0.4, -0.2) is 7.11 Å². The van der Waals surface area contributed by atoms with E-state index in [0.717, 1.165) is 15.8 Å². The lowest BCUT2D eigenvalue weighted by Crippen LogP contribution is -1.99. The van der Waals surface area contributed by atoms with E-state index in [2.05, 4.69) is 76.0 Å². The number of benzene rings is 2. The van der Waals surface area contributed by atoms with Gasteiger partial charge in [-0.05, 0) is 37.1 Å². The van der Waals surface area contributed by atoms with Crippen LogP contribution < -0.4 is 4.74 Å². The first-order valence-corrected chi connectivity index (χ1v) is 7.78. The first-order chi connectivity index (χ1) is 9.02. The van der Waals surface area contributed by atoms with Gasteiger partial charge in [0.2, 0.25) is 0 Å². The number of aryl methyl sites for hydroxylation is 2. The minimum atomic E-state index is 0.109. The number of ether oxygens (including phenoxy) is 1. The van der Waals surface area contributed by atoms with Gasteiger partial charge in [0.1, 0.15) is 5.75 Å². The number of methoxy groups -OCH3 is 1. The summed E-state index contributed by atoms with van der Waals surface area (Å²) >= 11 is 7.42. The summed E-state index contributed by atoms with van der Waals surface area (Å²) in [5.74, 6) is 0.903. The Bertz CT molecular complexity index is 593. The van der Waals surface area contributed by atoms with Crippen LogP contribution in [0.15, 0.2) is 40.9 Å². The highest BCUT2D eigenvalue weighted by Gasteiger charge is 2.17. The molecule has 1 nitrogen and oxygen atoms in total. The molecule has 1 unspecified atom stereocenters. The van der Waals surface area contributed by atoms with Crippen LogP contribution >= 0.6 is 31.9 Å². The van der Waals surface area contributed by atoms with Gasteiger partial charge in [0.05, 0.1) is 11.9 Å². The van der Waals surface area contributed by atoms with E-state index in [1.54, 1.807) is 7.11 Å². The summed E-state index contributed by atoms with van der Waals surface area (Å²) in [7, 11) is 1.71. The number of alkyl halides is 1. The highest BCUT2D eigenvalue weighted by molar-refractivity contribution is 9.11. The lowest BCUT2D eigenvalue weighted by molar-refractivity contribution is 0.410. The molecule has 2 aromatic carbocycles. The lowest BCUT2D eigenvalue weighted by Gasteiger charge is -2.17. The molecule has 0 spiro atoms. The van der Waals surface area contributed by atoms with Crippen LogP contribution in [0, 0.1) is 13.8 Å². The highest BCUT2D eigenvalue weighted by atomic mass is 79.9. The van der Waals surface area contributed by atoms with E-state index in [9.17, 15) is 0 Å². The molecule has 1 atom stereocenters. The molecule has 0 aliphatic carbocycles. The SMILES string of the molecule is COc1ccc(C)cc1C(Br)c1ccc(C)cc1Br. The van der Waals surface area contributed by atoms with Crippen LogP contribution in [0.3, 0.4) is 0 Å². The minimum Gasteiger partial charge on any atom is -0.496 e. The van der Waals surface area contributed by atoms with Gasteiger partial charge < -0.3 is 4.74 Å². The molecular weight excluding hydrogens is 368 g/mol. The summed E-state index contributed by atoms with van der Waals surface area (Å²) in [6, 6.07) is 12.6. The molecule has 0 aliphatic rings. The summed E-state index contributed by atoms with van der Waals surface area (Å²) in [5, 5.41) is 0. The zero-order valence-electron chi connectivity index (χ0n) is 11.2. The predicted octanol–water partition coefficient (Wildman–Crippen LogP) is 5.56. The average molecular weight is 384 g/mol. The first kappa shape index (κ1) is 14.6. The van der Waals surface area contributed by atoms with Crippen molar-refractivity contribution < 1.29 is 4.74 Å². The second kappa shape index (κ2) is 6.10. The second-order valence-corrected chi connectivity index (χ2v) is 6.40. The lowest BCUT2D eigenvalue weighted by atomic mass is 10.0. The molecule has 0 saturated heterocycles. The summed E-state index contributed by atoms with van der Waals surface area (Å²) in [5.41, 5.74) is 4.82. The Morgan fingerprint density at radius 2 is 1.58 bits per heavy atom. The van der Waals surface area contributed by atoms with Gasteiger partial charge in [0, 0.05) is 10.0 Å². The Morgan fingerprint density at radius 1 is 0.947 bits per heavy atom. The third-order valence-corrected chi connectivity index (χ3v) is 4.76. The van der Waals surface area contributed by atoms with Crippen LogP contribution in [0.1, 0.15) is 27.1 Å². The molecule has 0 radical (unpaired) electrons. The van der Waals surface area contributed by atoms with Gasteiger partial charge in [0.25, 0.3) is 0 Å². The number of halogens is 2. The second-order valence-electron chi connectivity index (χ2n) is 4.63. The molecule has 0 aromatic heterocycles. The Labute approximate surface area is 131 Å². The molecule has 3 heteroatoms. The molecule has 2 rings (SSSR count). The monoisotopic (exact) mass is 382 g/mol. The fourth-order valence-corrected chi connectivity index (χ4v) is 3.84. The van der Waals surface area contributed by atoms with Crippen molar-refractivity contribution in [3.8, 4) is 5.75 Å². The molecule has 0 N–H and O–H groups in total. The van der Waals surface area contributed by atoms with Crippen molar-refractivity contribution in [1.29, 1.82) is 0 Å². The Balaban J connectivity index is 2.49. The predicted molar refractivity (Wildman–Crippen MR) is 87.4 cm³/mol. The summed E-state index contributed by atoms with van der Waals surface area (Å²) in [6.45, 7) is 4.18. The molecule has 0 saturated carbocycles. The van der Waals surface area contributed by atoms with Crippen molar-refractivity contribution in [1.82, 2.24) is 0 Å². The number of hydrogen-bond acceptors (Lipinski definition) is 1. The third kappa shape index (κ3) is 3.21. The largest absolute Gasteiger partial charge is 0.496 e. The van der Waals surface area contributed by atoms with E-state index in [1.165, 1.54) is 16.7 Å². The molecule has 2 aromatic rings. The summed E-state index contributed by atoms with van der Waals surface area (Å²) in [6.07, 6.45) is 0. The van der Waals surface area contributed by atoms with Crippen molar-refractivity contribution in [2.45, 2.75) is 18.7 Å². The smallest absolute Gasteiger partial charge is 0.123 e. The minimum absolute atomic E-state index is 0.109. The van der Waals surface area contributed by atoms with Crippen LogP contribution in [0.4, 0.5) is 0 Å². The molecule has 0 heterocycles. The molecule has 0 aliphatic heterocycles. The maximum Gasteiger partial charge on any atom is 0.123 e. The molecule has 0 bridgehead atoms. The third-order valence-electron chi connectivity index (χ3n) is 3.09. The Morgan fingerprint density at radius 3 is 2.21 bits per heavy atom. The molecule has 0 amide bonds. The molecule has 100 valence electrons. The zero-order valence-corrected chi connectivity index (χ0v) is 14.4. The van der Waals surface area contributed by atoms with E-state index >= 15 is 0 Å². The maximum absolute atomic E-state index is 5.46. The molecule has 0 fully saturated rings. The zero-order chi connectivity index (χ0) is 14.0.